The normalized spacial score (nSPS) is 11.3. The van der Waals surface area contributed by atoms with Crippen molar-refractivity contribution in [2.45, 2.75) is 12.5 Å². The predicted molar refractivity (Wildman–Crippen MR) is 95.0 cm³/mol. The summed E-state index contributed by atoms with van der Waals surface area (Å²) in [5.41, 5.74) is 6.21. The fourth-order valence-electron chi connectivity index (χ4n) is 2.36. The van der Waals surface area contributed by atoms with Gasteiger partial charge in [0.1, 0.15) is 6.04 Å². The molecule has 2 rings (SSSR count). The van der Waals surface area contributed by atoms with Crippen LogP contribution in [0.25, 0.3) is 0 Å². The van der Waals surface area contributed by atoms with E-state index in [1.807, 2.05) is 0 Å². The number of ether oxygens (including phenoxy) is 1. The van der Waals surface area contributed by atoms with Gasteiger partial charge in [-0.1, -0.05) is 18.2 Å². The molecule has 9 heteroatoms. The molecule has 2 aromatic rings. The summed E-state index contributed by atoms with van der Waals surface area (Å²) in [6.07, 6.45) is 0.0652. The van der Waals surface area contributed by atoms with Gasteiger partial charge in [-0.2, -0.15) is 0 Å². The van der Waals surface area contributed by atoms with Crippen LogP contribution in [0.3, 0.4) is 0 Å². The van der Waals surface area contributed by atoms with Crippen LogP contribution in [0.2, 0.25) is 0 Å². The fourth-order valence-corrected chi connectivity index (χ4v) is 2.36. The quantitative estimate of drug-likeness (QED) is 0.425. The van der Waals surface area contributed by atoms with Gasteiger partial charge in [-0.3, -0.25) is 19.7 Å². The van der Waals surface area contributed by atoms with Gasteiger partial charge in [-0.15, -0.1) is 0 Å². The number of hydrogen-bond donors (Lipinski definition) is 2. The van der Waals surface area contributed by atoms with Gasteiger partial charge in [-0.05, 0) is 23.8 Å². The first-order valence-corrected chi connectivity index (χ1v) is 7.83. The number of rotatable bonds is 7. The van der Waals surface area contributed by atoms with E-state index >= 15 is 0 Å². The van der Waals surface area contributed by atoms with Gasteiger partial charge in [-0.25, -0.2) is 4.79 Å². The average molecular weight is 371 g/mol. The Morgan fingerprint density at radius 2 is 1.78 bits per heavy atom. The lowest BCUT2D eigenvalue weighted by atomic mass is 10.0. The number of methoxy groups -OCH3 is 1. The Morgan fingerprint density at radius 1 is 1.15 bits per heavy atom. The predicted octanol–water partition coefficient (Wildman–Crippen LogP) is 1.21. The SMILES string of the molecule is COC(=O)c1cccc(C(=O)N[C@@H](Cc2ccc([N+](=O)[O-])cc2)C(N)=O)c1. The molecule has 2 amide bonds. The van der Waals surface area contributed by atoms with Crippen molar-refractivity contribution in [2.24, 2.45) is 5.73 Å². The van der Waals surface area contributed by atoms with Crippen LogP contribution in [-0.2, 0) is 16.0 Å². The number of carbonyl (C=O) groups is 3. The van der Waals surface area contributed by atoms with Crippen LogP contribution in [-0.4, -0.2) is 35.9 Å². The molecule has 1 atom stereocenters. The zero-order valence-corrected chi connectivity index (χ0v) is 14.4. The summed E-state index contributed by atoms with van der Waals surface area (Å²) in [6, 6.07) is 10.4. The number of benzene rings is 2. The van der Waals surface area contributed by atoms with E-state index < -0.39 is 28.7 Å². The number of nitrogens with zero attached hydrogens (tertiary/aromatic N) is 1. The monoisotopic (exact) mass is 371 g/mol. The van der Waals surface area contributed by atoms with Crippen LogP contribution >= 0.6 is 0 Å². The number of carbonyl (C=O) groups excluding carboxylic acids is 3. The Labute approximate surface area is 154 Å². The largest absolute Gasteiger partial charge is 0.465 e. The second-order valence-corrected chi connectivity index (χ2v) is 5.63. The summed E-state index contributed by atoms with van der Waals surface area (Å²) in [6.45, 7) is 0. The van der Waals surface area contributed by atoms with E-state index in [4.69, 9.17) is 5.73 Å². The summed E-state index contributed by atoms with van der Waals surface area (Å²) in [5, 5.41) is 13.2. The Balaban J connectivity index is 2.13. The number of non-ortho nitro benzene ring substituents is 1. The summed E-state index contributed by atoms with van der Waals surface area (Å²) >= 11 is 0. The Hall–Kier alpha value is -3.75. The third kappa shape index (κ3) is 5.11. The van der Waals surface area contributed by atoms with Crippen molar-refractivity contribution in [3.05, 3.63) is 75.3 Å². The molecule has 0 aliphatic rings. The summed E-state index contributed by atoms with van der Waals surface area (Å²) in [7, 11) is 1.22. The van der Waals surface area contributed by atoms with Gasteiger partial charge in [0.25, 0.3) is 11.6 Å². The molecule has 9 nitrogen and oxygen atoms in total. The topological polar surface area (TPSA) is 142 Å². The number of nitro benzene ring substituents is 1. The number of esters is 1. The van der Waals surface area contributed by atoms with Crippen molar-refractivity contribution in [3.63, 3.8) is 0 Å². The highest BCUT2D eigenvalue weighted by Crippen LogP contribution is 2.14. The lowest BCUT2D eigenvalue weighted by molar-refractivity contribution is -0.384. The molecule has 0 saturated heterocycles. The minimum absolute atomic E-state index is 0.0652. The molecule has 140 valence electrons. The molecule has 0 aliphatic heterocycles. The molecule has 27 heavy (non-hydrogen) atoms. The van der Waals surface area contributed by atoms with Crippen molar-refractivity contribution in [1.29, 1.82) is 0 Å². The lowest BCUT2D eigenvalue weighted by Crippen LogP contribution is -2.45. The fraction of sp³-hybridized carbons (Fsp3) is 0.167. The second-order valence-electron chi connectivity index (χ2n) is 5.63. The zero-order chi connectivity index (χ0) is 20.0. The van der Waals surface area contributed by atoms with Gasteiger partial charge in [0, 0.05) is 24.1 Å². The first kappa shape index (κ1) is 19.6. The summed E-state index contributed by atoms with van der Waals surface area (Å²) in [5.74, 6) is -1.95. The molecule has 0 aromatic heterocycles. The number of nitrogens with one attached hydrogen (secondary N) is 1. The highest BCUT2D eigenvalue weighted by atomic mass is 16.6. The maximum Gasteiger partial charge on any atom is 0.337 e. The van der Waals surface area contributed by atoms with Crippen LogP contribution in [0.1, 0.15) is 26.3 Å². The molecule has 0 radical (unpaired) electrons. The van der Waals surface area contributed by atoms with Crippen molar-refractivity contribution in [2.75, 3.05) is 7.11 Å². The van der Waals surface area contributed by atoms with Crippen LogP contribution in [0.5, 0.6) is 0 Å². The summed E-state index contributed by atoms with van der Waals surface area (Å²) in [4.78, 5) is 45.8. The molecule has 0 bridgehead atoms. The molecule has 3 N–H and O–H groups in total. The number of amides is 2. The zero-order valence-electron chi connectivity index (χ0n) is 14.4. The molecule has 0 fully saturated rings. The van der Waals surface area contributed by atoms with Crippen molar-refractivity contribution in [1.82, 2.24) is 5.32 Å². The minimum Gasteiger partial charge on any atom is -0.465 e. The van der Waals surface area contributed by atoms with Gasteiger partial charge < -0.3 is 15.8 Å². The van der Waals surface area contributed by atoms with Crippen LogP contribution < -0.4 is 11.1 Å². The Kier molecular flexibility index (Phi) is 6.21. The average Bonchev–Trinajstić information content (AvgIpc) is 2.67. The Morgan fingerprint density at radius 3 is 2.33 bits per heavy atom. The molecule has 0 saturated carbocycles. The number of nitrogens with two attached hydrogens (primary N) is 1. The minimum atomic E-state index is -1.03. The Bertz CT molecular complexity index is 879. The van der Waals surface area contributed by atoms with E-state index in [2.05, 4.69) is 10.1 Å². The second kappa shape index (κ2) is 8.56. The van der Waals surface area contributed by atoms with Crippen molar-refractivity contribution < 1.29 is 24.0 Å². The molecule has 0 heterocycles. The molecule has 0 aliphatic carbocycles. The smallest absolute Gasteiger partial charge is 0.337 e. The van der Waals surface area contributed by atoms with Crippen LogP contribution in [0.15, 0.2) is 48.5 Å². The van der Waals surface area contributed by atoms with Crippen molar-refractivity contribution >= 4 is 23.5 Å². The molecule has 0 spiro atoms. The number of nitro groups is 1. The third-order valence-electron chi connectivity index (χ3n) is 3.78. The number of primary amides is 1. The third-order valence-corrected chi connectivity index (χ3v) is 3.78. The van der Waals surface area contributed by atoms with E-state index in [-0.39, 0.29) is 23.2 Å². The molecular formula is C18H17N3O6. The lowest BCUT2D eigenvalue weighted by Gasteiger charge is -2.16. The first-order chi connectivity index (χ1) is 12.8. The summed E-state index contributed by atoms with van der Waals surface area (Å²) < 4.78 is 4.60. The van der Waals surface area contributed by atoms with E-state index in [9.17, 15) is 24.5 Å². The van der Waals surface area contributed by atoms with Gasteiger partial charge in [0.15, 0.2) is 0 Å². The highest BCUT2D eigenvalue weighted by molar-refractivity contribution is 5.99. The van der Waals surface area contributed by atoms with E-state index in [0.29, 0.717) is 5.56 Å². The van der Waals surface area contributed by atoms with E-state index in [1.165, 1.54) is 55.6 Å². The van der Waals surface area contributed by atoms with Crippen LogP contribution in [0, 0.1) is 10.1 Å². The van der Waals surface area contributed by atoms with E-state index in [0.717, 1.165) is 0 Å². The van der Waals surface area contributed by atoms with Crippen LogP contribution in [0.4, 0.5) is 5.69 Å². The van der Waals surface area contributed by atoms with Gasteiger partial charge >= 0.3 is 5.97 Å². The first-order valence-electron chi connectivity index (χ1n) is 7.83. The van der Waals surface area contributed by atoms with Gasteiger partial charge in [0.2, 0.25) is 5.91 Å². The maximum atomic E-state index is 12.4. The molecule has 0 unspecified atom stereocenters. The van der Waals surface area contributed by atoms with E-state index in [1.54, 1.807) is 0 Å². The van der Waals surface area contributed by atoms with Crippen molar-refractivity contribution in [3.8, 4) is 0 Å². The maximum absolute atomic E-state index is 12.4. The van der Waals surface area contributed by atoms with Gasteiger partial charge in [0.05, 0.1) is 17.6 Å². The number of hydrogen-bond acceptors (Lipinski definition) is 6. The standard InChI is InChI=1S/C18H17N3O6/c1-27-18(24)13-4-2-3-12(10-13)17(23)20-15(16(19)22)9-11-5-7-14(8-6-11)21(25)26/h2-8,10,15H,9H2,1H3,(H2,19,22)(H,20,23)/t15-/m0/s1. The molecule has 2 aromatic carbocycles. The molecular weight excluding hydrogens is 354 g/mol. The highest BCUT2D eigenvalue weighted by Gasteiger charge is 2.20.